The van der Waals surface area contributed by atoms with Gasteiger partial charge in [-0.3, -0.25) is 44.1 Å². The second-order valence-corrected chi connectivity index (χ2v) is 34.1. The zero-order valence-electron chi connectivity index (χ0n) is 79.2. The number of ether oxygens (including phenoxy) is 11. The lowest BCUT2D eigenvalue weighted by Gasteiger charge is -2.40. The van der Waals surface area contributed by atoms with E-state index in [2.05, 4.69) is 66.1 Å². The highest BCUT2D eigenvalue weighted by Crippen LogP contribution is 2.45. The molecule has 13 heterocycles. The van der Waals surface area contributed by atoms with Crippen LogP contribution in [0.1, 0.15) is 143 Å². The number of aromatic nitrogens is 9. The van der Waals surface area contributed by atoms with Crippen LogP contribution in [0.25, 0.3) is 44.5 Å². The molecule has 9 aromatic heterocycles. The summed E-state index contributed by atoms with van der Waals surface area (Å²) in [5.74, 6) is -4.04. The van der Waals surface area contributed by atoms with E-state index in [1.54, 1.807) is 100 Å². The number of amides is 4. The lowest BCUT2D eigenvalue weighted by atomic mass is 9.79. The van der Waals surface area contributed by atoms with Crippen molar-refractivity contribution in [2.45, 2.75) is 102 Å². The van der Waals surface area contributed by atoms with Crippen LogP contribution in [-0.2, 0) is 73.1 Å². The average Bonchev–Trinajstić information content (AvgIpc) is 0.769. The maximum atomic E-state index is 14.3. The number of rotatable bonds is 34. The molecule has 3 aromatic carbocycles. The predicted molar refractivity (Wildman–Crippen MR) is 504 cm³/mol. The van der Waals surface area contributed by atoms with E-state index in [-0.39, 0.29) is 86.7 Å². The Morgan fingerprint density at radius 2 is 0.782 bits per heavy atom. The van der Waals surface area contributed by atoms with Crippen LogP contribution < -0.4 is 40.2 Å². The van der Waals surface area contributed by atoms with Crippen molar-refractivity contribution < 1.29 is 126 Å². The number of carbonyl (C=O) groups is 4. The molecule has 142 heavy (non-hydrogen) atoms. The van der Waals surface area contributed by atoms with Crippen LogP contribution in [-0.4, -0.2) is 211 Å². The number of pyridine rings is 9. The van der Waals surface area contributed by atoms with E-state index < -0.39 is 93.8 Å². The van der Waals surface area contributed by atoms with Gasteiger partial charge in [-0.2, -0.15) is 22.0 Å². The summed E-state index contributed by atoms with van der Waals surface area (Å²) in [5.41, 5.74) is 7.51. The van der Waals surface area contributed by atoms with Crippen molar-refractivity contribution in [1.29, 1.82) is 0 Å². The fourth-order valence-corrected chi connectivity index (χ4v) is 15.1. The Balaban J connectivity index is 0.000000159. The van der Waals surface area contributed by atoms with Crippen LogP contribution in [0, 0.1) is 27.7 Å². The van der Waals surface area contributed by atoms with Crippen molar-refractivity contribution >= 4 is 46.4 Å². The highest BCUT2D eigenvalue weighted by molar-refractivity contribution is 6.07. The van der Waals surface area contributed by atoms with Gasteiger partial charge in [0.1, 0.15) is 49.2 Å². The molecule has 0 atom stereocenters. The number of carbonyl (C=O) groups excluding carboxylic acids is 4. The summed E-state index contributed by atoms with van der Waals surface area (Å²) in [5, 5.41) is 38.5. The van der Waals surface area contributed by atoms with Gasteiger partial charge in [-0.1, -0.05) is 18.2 Å². The fraction of sp³-hybridized carbons (Fsp3) is 0.343. The van der Waals surface area contributed by atoms with Crippen molar-refractivity contribution in [3.05, 3.63) is 279 Å². The highest BCUT2D eigenvalue weighted by Gasteiger charge is 2.47. The van der Waals surface area contributed by atoms with E-state index in [0.717, 1.165) is 80.9 Å². The number of hydrogen-bond acceptors (Lipinski definition) is 27. The summed E-state index contributed by atoms with van der Waals surface area (Å²) < 4.78 is 181. The topological polar surface area (TPSA) is 395 Å². The molecule has 4 fully saturated rings. The van der Waals surface area contributed by atoms with Crippen LogP contribution in [0.2, 0.25) is 0 Å². The maximum absolute atomic E-state index is 14.3. The van der Waals surface area contributed by atoms with Crippen LogP contribution >= 0.6 is 0 Å². The average molecular weight is 1970 g/mol. The smallest absolute Gasteiger partial charge is 0.433 e. The third-order valence-corrected chi connectivity index (χ3v) is 23.5. The second kappa shape index (κ2) is 45.8. The van der Waals surface area contributed by atoms with Gasteiger partial charge >= 0.3 is 6.18 Å². The lowest BCUT2D eigenvalue weighted by molar-refractivity contribution is -0.204. The molecule has 0 spiro atoms. The maximum Gasteiger partial charge on any atom is 0.433 e. The van der Waals surface area contributed by atoms with Crippen molar-refractivity contribution in [3.63, 3.8) is 0 Å². The second-order valence-electron chi connectivity index (χ2n) is 34.1. The minimum absolute atomic E-state index is 0.0489. The van der Waals surface area contributed by atoms with Crippen molar-refractivity contribution in [3.8, 4) is 68.0 Å². The number of nitrogens with zero attached hydrogens (tertiary/aromatic N) is 9. The van der Waals surface area contributed by atoms with Crippen LogP contribution in [0.15, 0.2) is 189 Å². The van der Waals surface area contributed by atoms with Gasteiger partial charge < -0.3 is 88.7 Å². The van der Waals surface area contributed by atoms with E-state index in [1.807, 2.05) is 71.0 Å². The molecule has 0 unspecified atom stereocenters. The van der Waals surface area contributed by atoms with E-state index in [4.69, 9.17) is 62.3 Å². The van der Waals surface area contributed by atoms with Crippen molar-refractivity contribution in [1.82, 2.24) is 44.9 Å². The number of benzene rings is 3. The summed E-state index contributed by atoms with van der Waals surface area (Å²) in [6.07, 6.45) is 0.477. The molecule has 748 valence electrons. The molecule has 4 aliphatic heterocycles. The first kappa shape index (κ1) is 105. The first-order chi connectivity index (χ1) is 67.8. The van der Waals surface area contributed by atoms with E-state index in [1.165, 1.54) is 62.8 Å². The molecule has 7 N–H and O–H groups in total. The standard InChI is InChI=1S/C26H28F2N4O3.C26H27F2N3O5.C25H24F3N3O5.C25H25F2N3O5/c1-5-35-24-21(26(13-27)14-34-15-26)8-18(11-31-24)20-10-19(12-30-16(20)2)32-23(33)17-6-7-29-22(9-17)25(3,4)28;1-16-4-5-19(30-24(33)17-6-7-29-21(10-17)25(2,27)28)13-20(16)18-11-22(26(34-3)14-35-15-26)31-23(12-18)36-9-8-32;1-15-3-4-18(30-23(33)16-5-6-29-21(9-16)25(26,27)28)12-19(15)17-10-20(24(34-2)13-35-14-24)31-22(11-17)36-8-7-32;1-15-3-4-18(29-24(32)16-5-6-28-20(9-16)23(26)27)12-19(15)17-10-21(25(33-2)13-34-14-25)30-22(11-17)35-8-7-31/h6-12H,5,13-15H2,1-4H3,(H,32,33);4-7,10-13,32H,8-9,14-15H2,1-3H3,(H,30,33);3-6,9-12,32H,7-8,13-14H2,1-2H3,(H,30,33);3-6,9-12,23,31H,7-8,13-14H2,1-2H3,(H,29,32). The van der Waals surface area contributed by atoms with Crippen molar-refractivity contribution in [2.24, 2.45) is 0 Å². The third kappa shape index (κ3) is 25.1. The van der Waals surface area contributed by atoms with Gasteiger partial charge in [-0.15, -0.1) is 0 Å². The predicted octanol–water partition coefficient (Wildman–Crippen LogP) is 16.9. The number of anilines is 4. The Morgan fingerprint density at radius 3 is 1.13 bits per heavy atom. The summed E-state index contributed by atoms with van der Waals surface area (Å²) in [6.45, 7) is 15.0. The van der Waals surface area contributed by atoms with E-state index in [9.17, 15) is 63.8 Å². The molecule has 4 aliphatic rings. The zero-order chi connectivity index (χ0) is 102. The first-order valence-corrected chi connectivity index (χ1v) is 44.6. The summed E-state index contributed by atoms with van der Waals surface area (Å²) in [6, 6.07) is 40.1. The third-order valence-electron chi connectivity index (χ3n) is 23.5. The Hall–Kier alpha value is -13.9. The molecule has 0 radical (unpaired) electrons. The molecule has 40 heteroatoms. The summed E-state index contributed by atoms with van der Waals surface area (Å²) in [7, 11) is 4.74. The monoisotopic (exact) mass is 1970 g/mol. The quantitative estimate of drug-likeness (QED) is 0.0184. The molecule has 0 saturated carbocycles. The number of halogens is 9. The normalized spacial score (nSPS) is 14.7. The molecule has 4 saturated heterocycles. The van der Waals surface area contributed by atoms with Gasteiger partial charge in [0, 0.05) is 139 Å². The van der Waals surface area contributed by atoms with Gasteiger partial charge in [0.2, 0.25) is 23.5 Å². The number of alkyl halides is 9. The molecular weight excluding hydrogens is 1870 g/mol. The Bertz CT molecular complexity index is 6300. The molecule has 31 nitrogen and oxygen atoms in total. The van der Waals surface area contributed by atoms with Crippen LogP contribution in [0.3, 0.4) is 0 Å². The summed E-state index contributed by atoms with van der Waals surface area (Å²) >= 11 is 0. The van der Waals surface area contributed by atoms with Crippen LogP contribution in [0.5, 0.6) is 23.5 Å². The van der Waals surface area contributed by atoms with Gasteiger partial charge in [0.15, 0.2) is 16.8 Å². The molecule has 0 aliphatic carbocycles. The molecular formula is C102H104F9N13O18. The minimum atomic E-state index is -4.66. The number of aryl methyl sites for hydroxylation is 4. The van der Waals surface area contributed by atoms with Crippen LogP contribution in [0.4, 0.5) is 62.3 Å². The highest BCUT2D eigenvalue weighted by atomic mass is 19.4. The Labute approximate surface area is 810 Å². The largest absolute Gasteiger partial charge is 0.478 e. The Kier molecular flexibility index (Phi) is 34.0. The first-order valence-electron chi connectivity index (χ1n) is 44.6. The Morgan fingerprint density at radius 1 is 0.415 bits per heavy atom. The molecule has 4 amide bonds. The molecule has 12 aromatic rings. The van der Waals surface area contributed by atoms with Crippen molar-refractivity contribution in [2.75, 3.05) is 148 Å². The number of aliphatic hydroxyl groups is 3. The van der Waals surface area contributed by atoms with Gasteiger partial charge in [-0.05, 0) is 214 Å². The zero-order valence-corrected chi connectivity index (χ0v) is 79.2. The fourth-order valence-electron chi connectivity index (χ4n) is 15.1. The lowest BCUT2D eigenvalue weighted by Crippen LogP contribution is -2.49. The number of nitrogens with one attached hydrogen (secondary N) is 4. The number of hydrogen-bond donors (Lipinski definition) is 7. The van der Waals surface area contributed by atoms with Gasteiger partial charge in [0.25, 0.3) is 36.0 Å². The number of aliphatic hydroxyl groups excluding tert-OH is 3. The number of methoxy groups -OCH3 is 3. The van der Waals surface area contributed by atoms with E-state index in [0.29, 0.717) is 127 Å². The molecule has 0 bridgehead atoms. The van der Waals surface area contributed by atoms with E-state index >= 15 is 0 Å². The van der Waals surface area contributed by atoms with Gasteiger partial charge in [0.05, 0.1) is 119 Å². The summed E-state index contributed by atoms with van der Waals surface area (Å²) in [4.78, 5) is 88.1. The minimum Gasteiger partial charge on any atom is -0.478 e. The molecule has 16 rings (SSSR count). The van der Waals surface area contributed by atoms with Gasteiger partial charge in [-0.25, -0.2) is 37.5 Å². The SMILES string of the molecule is CCOc1ncc(-c2cc(NC(=O)c3ccnc(C(C)(C)F)c3)cnc2C)cc1C1(CF)COC1.COC1(c2cc(-c3cc(NC(=O)c4ccnc(C(C)(F)F)c4)ccc3C)cc(OCCO)n2)COC1.COC1(c2cc(-c3cc(NC(=O)c4ccnc(C(F)(F)F)c4)ccc3C)cc(OCCO)n2)COC1.COC1(c2cc(-c3cc(NC(=O)c4ccnc(C(F)F)c4)ccc3C)cc(OCCO)n2)COC1.